The maximum Gasteiger partial charge on any atom is 0.0169 e. The van der Waals surface area contributed by atoms with Crippen molar-refractivity contribution in [3.8, 4) is 0 Å². The zero-order valence-corrected chi connectivity index (χ0v) is 12.4. The van der Waals surface area contributed by atoms with Gasteiger partial charge in [-0.05, 0) is 52.9 Å². The molecule has 0 spiro atoms. The Bertz CT molecular complexity index is 196. The van der Waals surface area contributed by atoms with Gasteiger partial charge >= 0.3 is 0 Å². The third kappa shape index (κ3) is 6.39. The fourth-order valence-corrected chi connectivity index (χ4v) is 2.80. The van der Waals surface area contributed by atoms with E-state index < -0.39 is 0 Å². The van der Waals surface area contributed by atoms with Crippen LogP contribution in [-0.4, -0.2) is 62.2 Å². The van der Waals surface area contributed by atoms with Crippen molar-refractivity contribution in [2.45, 2.75) is 45.7 Å². The van der Waals surface area contributed by atoms with Gasteiger partial charge in [-0.15, -0.1) is 0 Å². The van der Waals surface area contributed by atoms with Gasteiger partial charge in [0.05, 0.1) is 0 Å². The molecule has 102 valence electrons. The van der Waals surface area contributed by atoms with Crippen LogP contribution in [-0.2, 0) is 0 Å². The Balaban J connectivity index is 2.18. The highest BCUT2D eigenvalue weighted by atomic mass is 15.2. The largest absolute Gasteiger partial charge is 0.310 e. The minimum Gasteiger partial charge on any atom is -0.310 e. The zero-order chi connectivity index (χ0) is 12.8. The van der Waals surface area contributed by atoms with Crippen molar-refractivity contribution in [1.82, 2.24) is 15.1 Å². The smallest absolute Gasteiger partial charge is 0.0169 e. The predicted molar refractivity (Wildman–Crippen MR) is 75.5 cm³/mol. The van der Waals surface area contributed by atoms with Crippen LogP contribution in [0, 0.1) is 5.92 Å². The standard InChI is InChI=1S/C14H31N3/c1-12(2)10-17-8-6-14(7-9-17)15-13(3)11-16(4)5/h12-15H,6-11H2,1-5H3. The molecule has 1 fully saturated rings. The first-order valence-corrected chi connectivity index (χ1v) is 7.10. The molecule has 1 N–H and O–H groups in total. The Morgan fingerprint density at radius 2 is 1.76 bits per heavy atom. The maximum absolute atomic E-state index is 3.76. The van der Waals surface area contributed by atoms with Crippen molar-refractivity contribution in [2.24, 2.45) is 5.92 Å². The van der Waals surface area contributed by atoms with E-state index in [1.807, 2.05) is 0 Å². The summed E-state index contributed by atoms with van der Waals surface area (Å²) in [5.74, 6) is 0.798. The van der Waals surface area contributed by atoms with Gasteiger partial charge in [0.25, 0.3) is 0 Å². The lowest BCUT2D eigenvalue weighted by molar-refractivity contribution is 0.172. The predicted octanol–water partition coefficient (Wildman–Crippen LogP) is 1.65. The Kier molecular flexibility index (Phi) is 6.45. The molecule has 0 aromatic rings. The van der Waals surface area contributed by atoms with E-state index in [1.165, 1.54) is 32.5 Å². The van der Waals surface area contributed by atoms with Crippen molar-refractivity contribution in [3.05, 3.63) is 0 Å². The number of likely N-dealkylation sites (N-methyl/N-ethyl adjacent to an activating group) is 1. The van der Waals surface area contributed by atoms with E-state index in [4.69, 9.17) is 0 Å². The fraction of sp³-hybridized carbons (Fsp3) is 1.00. The normalized spacial score (nSPS) is 21.4. The molecule has 1 atom stereocenters. The molecule has 0 amide bonds. The second-order valence-electron chi connectivity index (χ2n) is 6.30. The molecule has 0 aromatic carbocycles. The average molecular weight is 241 g/mol. The number of hydrogen-bond donors (Lipinski definition) is 1. The van der Waals surface area contributed by atoms with Crippen LogP contribution in [0.2, 0.25) is 0 Å². The molecule has 1 rings (SSSR count). The third-order valence-corrected chi connectivity index (χ3v) is 3.37. The number of rotatable bonds is 6. The molecular weight excluding hydrogens is 210 g/mol. The molecule has 0 radical (unpaired) electrons. The van der Waals surface area contributed by atoms with E-state index in [9.17, 15) is 0 Å². The molecule has 3 heteroatoms. The van der Waals surface area contributed by atoms with Gasteiger partial charge in [0.15, 0.2) is 0 Å². The molecule has 1 heterocycles. The first-order valence-electron chi connectivity index (χ1n) is 7.10. The van der Waals surface area contributed by atoms with E-state index in [0.29, 0.717) is 6.04 Å². The zero-order valence-electron chi connectivity index (χ0n) is 12.4. The molecule has 0 bridgehead atoms. The molecule has 1 aliphatic heterocycles. The molecular formula is C14H31N3. The van der Waals surface area contributed by atoms with Crippen LogP contribution in [0.3, 0.4) is 0 Å². The number of nitrogens with zero attached hydrogens (tertiary/aromatic N) is 2. The Morgan fingerprint density at radius 1 is 1.18 bits per heavy atom. The van der Waals surface area contributed by atoms with Crippen LogP contribution in [0.15, 0.2) is 0 Å². The lowest BCUT2D eigenvalue weighted by Gasteiger charge is -2.35. The molecule has 3 nitrogen and oxygen atoms in total. The first kappa shape index (κ1) is 14.9. The summed E-state index contributed by atoms with van der Waals surface area (Å²) in [5, 5.41) is 3.76. The minimum atomic E-state index is 0.603. The van der Waals surface area contributed by atoms with Gasteiger partial charge in [0.1, 0.15) is 0 Å². The van der Waals surface area contributed by atoms with E-state index in [-0.39, 0.29) is 0 Å². The number of piperidine rings is 1. The molecule has 1 saturated heterocycles. The fourth-order valence-electron chi connectivity index (χ4n) is 2.80. The lowest BCUT2D eigenvalue weighted by atomic mass is 10.0. The van der Waals surface area contributed by atoms with Crippen molar-refractivity contribution in [2.75, 3.05) is 40.3 Å². The van der Waals surface area contributed by atoms with Gasteiger partial charge in [-0.2, -0.15) is 0 Å². The van der Waals surface area contributed by atoms with Crippen molar-refractivity contribution in [1.29, 1.82) is 0 Å². The summed E-state index contributed by atoms with van der Waals surface area (Å²) in [4.78, 5) is 4.87. The lowest BCUT2D eigenvalue weighted by Crippen LogP contribution is -2.48. The number of nitrogens with one attached hydrogen (secondary N) is 1. The molecule has 0 aliphatic carbocycles. The topological polar surface area (TPSA) is 18.5 Å². The van der Waals surface area contributed by atoms with Crippen LogP contribution >= 0.6 is 0 Å². The Hall–Kier alpha value is -0.120. The summed E-state index contributed by atoms with van der Waals surface area (Å²) < 4.78 is 0. The second-order valence-corrected chi connectivity index (χ2v) is 6.30. The quantitative estimate of drug-likeness (QED) is 0.763. The number of likely N-dealkylation sites (tertiary alicyclic amines) is 1. The van der Waals surface area contributed by atoms with E-state index in [2.05, 4.69) is 50.0 Å². The van der Waals surface area contributed by atoms with Gasteiger partial charge < -0.3 is 15.1 Å². The molecule has 17 heavy (non-hydrogen) atoms. The van der Waals surface area contributed by atoms with E-state index in [1.54, 1.807) is 0 Å². The minimum absolute atomic E-state index is 0.603. The molecule has 0 aromatic heterocycles. The SMILES string of the molecule is CC(C)CN1CCC(NC(C)CN(C)C)CC1. The van der Waals surface area contributed by atoms with Gasteiger partial charge in [0, 0.05) is 25.2 Å². The third-order valence-electron chi connectivity index (χ3n) is 3.37. The summed E-state index contributed by atoms with van der Waals surface area (Å²) in [6.07, 6.45) is 2.62. The van der Waals surface area contributed by atoms with Crippen molar-refractivity contribution in [3.63, 3.8) is 0 Å². The Morgan fingerprint density at radius 3 is 2.24 bits per heavy atom. The van der Waals surface area contributed by atoms with Crippen molar-refractivity contribution < 1.29 is 0 Å². The van der Waals surface area contributed by atoms with Gasteiger partial charge in [-0.25, -0.2) is 0 Å². The van der Waals surface area contributed by atoms with Gasteiger partial charge in [-0.3, -0.25) is 0 Å². The highest BCUT2D eigenvalue weighted by Crippen LogP contribution is 2.12. The summed E-state index contributed by atoms with van der Waals surface area (Å²) in [5.41, 5.74) is 0. The second kappa shape index (κ2) is 7.34. The highest BCUT2D eigenvalue weighted by molar-refractivity contribution is 4.80. The number of hydrogen-bond acceptors (Lipinski definition) is 3. The van der Waals surface area contributed by atoms with Crippen LogP contribution in [0.5, 0.6) is 0 Å². The summed E-state index contributed by atoms with van der Waals surface area (Å²) >= 11 is 0. The Labute approximate surface area is 108 Å². The van der Waals surface area contributed by atoms with Crippen LogP contribution in [0.1, 0.15) is 33.6 Å². The molecule has 1 unspecified atom stereocenters. The monoisotopic (exact) mass is 241 g/mol. The van der Waals surface area contributed by atoms with Crippen LogP contribution < -0.4 is 5.32 Å². The van der Waals surface area contributed by atoms with Crippen LogP contribution in [0.4, 0.5) is 0 Å². The summed E-state index contributed by atoms with van der Waals surface area (Å²) in [6, 6.07) is 1.33. The maximum atomic E-state index is 3.76. The van der Waals surface area contributed by atoms with Crippen LogP contribution in [0.25, 0.3) is 0 Å². The van der Waals surface area contributed by atoms with Gasteiger partial charge in [0.2, 0.25) is 0 Å². The molecule has 0 saturated carbocycles. The van der Waals surface area contributed by atoms with Gasteiger partial charge in [-0.1, -0.05) is 13.8 Å². The summed E-state index contributed by atoms with van der Waals surface area (Å²) in [6.45, 7) is 11.8. The average Bonchev–Trinajstić information content (AvgIpc) is 2.18. The first-order chi connectivity index (χ1) is 7.97. The van der Waals surface area contributed by atoms with Crippen molar-refractivity contribution >= 4 is 0 Å². The molecule has 1 aliphatic rings. The highest BCUT2D eigenvalue weighted by Gasteiger charge is 2.20. The van der Waals surface area contributed by atoms with E-state index in [0.717, 1.165) is 18.5 Å². The summed E-state index contributed by atoms with van der Waals surface area (Å²) in [7, 11) is 4.28. The van der Waals surface area contributed by atoms with E-state index >= 15 is 0 Å².